The van der Waals surface area contributed by atoms with Gasteiger partial charge in [0, 0.05) is 25.2 Å². The van der Waals surface area contributed by atoms with Gasteiger partial charge in [-0.25, -0.2) is 0 Å². The number of nitrogens with one attached hydrogen (secondary N) is 2. The number of hydrogen-bond acceptors (Lipinski definition) is 3. The summed E-state index contributed by atoms with van der Waals surface area (Å²) in [5, 5.41) is 6.29. The van der Waals surface area contributed by atoms with E-state index in [0.29, 0.717) is 0 Å². The zero-order chi connectivity index (χ0) is 15.9. The Morgan fingerprint density at radius 1 is 1.18 bits per heavy atom. The lowest BCUT2D eigenvalue weighted by atomic mass is 10.1. The minimum atomic E-state index is -0.0593. The van der Waals surface area contributed by atoms with Crippen LogP contribution in [-0.4, -0.2) is 13.0 Å². The Kier molecular flexibility index (Phi) is 5.55. The zero-order valence-corrected chi connectivity index (χ0v) is 13.2. The molecule has 0 saturated carbocycles. The minimum Gasteiger partial charge on any atom is -0.497 e. The Hall–Kier alpha value is -2.33. The molecule has 2 aromatic carbocycles. The molecule has 2 rings (SSSR count). The molecule has 22 heavy (non-hydrogen) atoms. The molecule has 2 aromatic rings. The Balaban J connectivity index is 1.96. The molecule has 0 aliphatic heterocycles. The maximum absolute atomic E-state index is 11.1. The van der Waals surface area contributed by atoms with E-state index >= 15 is 0 Å². The first-order valence-corrected chi connectivity index (χ1v) is 7.32. The van der Waals surface area contributed by atoms with E-state index in [9.17, 15) is 4.79 Å². The van der Waals surface area contributed by atoms with Crippen molar-refractivity contribution in [3.8, 4) is 5.75 Å². The van der Waals surface area contributed by atoms with Gasteiger partial charge < -0.3 is 15.4 Å². The highest BCUT2D eigenvalue weighted by molar-refractivity contribution is 5.88. The number of ether oxygens (including phenoxy) is 1. The molecule has 0 radical (unpaired) electrons. The lowest BCUT2D eigenvalue weighted by Crippen LogP contribution is -2.18. The largest absolute Gasteiger partial charge is 0.497 e. The lowest BCUT2D eigenvalue weighted by molar-refractivity contribution is -0.114. The second-order valence-electron chi connectivity index (χ2n) is 5.26. The second kappa shape index (κ2) is 7.61. The highest BCUT2D eigenvalue weighted by Gasteiger charge is 2.06. The summed E-state index contributed by atoms with van der Waals surface area (Å²) < 4.78 is 5.15. The van der Waals surface area contributed by atoms with Crippen LogP contribution < -0.4 is 15.4 Å². The highest BCUT2D eigenvalue weighted by Crippen LogP contribution is 2.18. The van der Waals surface area contributed by atoms with Gasteiger partial charge in [-0.1, -0.05) is 24.3 Å². The normalized spacial score (nSPS) is 11.8. The quantitative estimate of drug-likeness (QED) is 0.858. The SMILES string of the molecule is COc1ccc(CN[C@@H](C)c2cccc(NC(C)=O)c2)cc1. The second-order valence-corrected chi connectivity index (χ2v) is 5.26. The van der Waals surface area contributed by atoms with Crippen molar-refractivity contribution in [3.05, 3.63) is 59.7 Å². The molecule has 0 unspecified atom stereocenters. The summed E-state index contributed by atoms with van der Waals surface area (Å²) in [7, 11) is 1.66. The molecule has 2 N–H and O–H groups in total. The Labute approximate surface area is 131 Å². The van der Waals surface area contributed by atoms with Crippen LogP contribution in [-0.2, 0) is 11.3 Å². The van der Waals surface area contributed by atoms with Crippen molar-refractivity contribution < 1.29 is 9.53 Å². The van der Waals surface area contributed by atoms with Crippen molar-refractivity contribution in [1.82, 2.24) is 5.32 Å². The van der Waals surface area contributed by atoms with E-state index in [4.69, 9.17) is 4.74 Å². The van der Waals surface area contributed by atoms with Gasteiger partial charge in [0.25, 0.3) is 0 Å². The first-order chi connectivity index (χ1) is 10.6. The molecule has 4 heteroatoms. The van der Waals surface area contributed by atoms with Crippen molar-refractivity contribution >= 4 is 11.6 Å². The maximum Gasteiger partial charge on any atom is 0.221 e. The van der Waals surface area contributed by atoms with Gasteiger partial charge in [-0.05, 0) is 42.3 Å². The van der Waals surface area contributed by atoms with Crippen molar-refractivity contribution in [2.75, 3.05) is 12.4 Å². The molecular weight excluding hydrogens is 276 g/mol. The molecular formula is C18H22N2O2. The van der Waals surface area contributed by atoms with Gasteiger partial charge >= 0.3 is 0 Å². The number of benzene rings is 2. The van der Waals surface area contributed by atoms with Crippen molar-refractivity contribution in [2.24, 2.45) is 0 Å². The van der Waals surface area contributed by atoms with E-state index in [1.807, 2.05) is 42.5 Å². The average Bonchev–Trinajstić information content (AvgIpc) is 2.52. The smallest absolute Gasteiger partial charge is 0.221 e. The summed E-state index contributed by atoms with van der Waals surface area (Å²) >= 11 is 0. The van der Waals surface area contributed by atoms with Gasteiger partial charge in [0.15, 0.2) is 0 Å². The molecule has 4 nitrogen and oxygen atoms in total. The highest BCUT2D eigenvalue weighted by atomic mass is 16.5. The summed E-state index contributed by atoms with van der Waals surface area (Å²) in [4.78, 5) is 11.1. The summed E-state index contributed by atoms with van der Waals surface area (Å²) in [6.45, 7) is 4.39. The fourth-order valence-corrected chi connectivity index (χ4v) is 2.22. The number of anilines is 1. The van der Waals surface area contributed by atoms with Gasteiger partial charge in [-0.2, -0.15) is 0 Å². The van der Waals surface area contributed by atoms with Gasteiger partial charge in [0.2, 0.25) is 5.91 Å². The molecule has 0 aliphatic rings. The van der Waals surface area contributed by atoms with Crippen molar-refractivity contribution in [1.29, 1.82) is 0 Å². The molecule has 0 bridgehead atoms. The van der Waals surface area contributed by atoms with Crippen LogP contribution in [0.1, 0.15) is 31.0 Å². The first kappa shape index (κ1) is 16.0. The van der Waals surface area contributed by atoms with E-state index < -0.39 is 0 Å². The number of hydrogen-bond donors (Lipinski definition) is 2. The van der Waals surface area contributed by atoms with Crippen LogP contribution in [0, 0.1) is 0 Å². The molecule has 0 aromatic heterocycles. The predicted molar refractivity (Wildman–Crippen MR) is 89.0 cm³/mol. The molecule has 0 spiro atoms. The molecule has 0 saturated heterocycles. The molecule has 1 atom stereocenters. The van der Waals surface area contributed by atoms with Crippen molar-refractivity contribution in [3.63, 3.8) is 0 Å². The molecule has 0 aliphatic carbocycles. The van der Waals surface area contributed by atoms with Crippen LogP contribution in [0.4, 0.5) is 5.69 Å². The Bertz CT molecular complexity index is 623. The van der Waals surface area contributed by atoms with E-state index in [0.717, 1.165) is 23.5 Å². The molecule has 0 heterocycles. The summed E-state index contributed by atoms with van der Waals surface area (Å²) in [6, 6.07) is 16.1. The fourth-order valence-electron chi connectivity index (χ4n) is 2.22. The minimum absolute atomic E-state index is 0.0593. The molecule has 1 amide bonds. The summed E-state index contributed by atoms with van der Waals surface area (Å²) in [5.41, 5.74) is 3.16. The fraction of sp³-hybridized carbons (Fsp3) is 0.278. The topological polar surface area (TPSA) is 50.4 Å². The average molecular weight is 298 g/mol. The predicted octanol–water partition coefficient (Wildman–Crippen LogP) is 3.50. The Morgan fingerprint density at radius 2 is 1.91 bits per heavy atom. The summed E-state index contributed by atoms with van der Waals surface area (Å²) in [6.07, 6.45) is 0. The van der Waals surface area contributed by atoms with Gasteiger partial charge in [0.05, 0.1) is 7.11 Å². The molecule has 116 valence electrons. The standard InChI is InChI=1S/C18H22N2O2/c1-13(16-5-4-6-17(11-16)20-14(2)21)19-12-15-7-9-18(22-3)10-8-15/h4-11,13,19H,12H2,1-3H3,(H,20,21)/t13-/m0/s1. The lowest BCUT2D eigenvalue weighted by Gasteiger charge is -2.15. The van der Waals surface area contributed by atoms with E-state index in [2.05, 4.69) is 23.6 Å². The van der Waals surface area contributed by atoms with Crippen LogP contribution >= 0.6 is 0 Å². The van der Waals surface area contributed by atoms with Crippen LogP contribution in [0.15, 0.2) is 48.5 Å². The third-order valence-corrected chi connectivity index (χ3v) is 3.48. The van der Waals surface area contributed by atoms with E-state index in [-0.39, 0.29) is 11.9 Å². The van der Waals surface area contributed by atoms with Gasteiger partial charge in [-0.15, -0.1) is 0 Å². The zero-order valence-electron chi connectivity index (χ0n) is 13.2. The number of rotatable bonds is 6. The third-order valence-electron chi connectivity index (χ3n) is 3.48. The number of amides is 1. The molecule has 0 fully saturated rings. The van der Waals surface area contributed by atoms with E-state index in [1.54, 1.807) is 7.11 Å². The van der Waals surface area contributed by atoms with Gasteiger partial charge in [0.1, 0.15) is 5.75 Å². The van der Waals surface area contributed by atoms with Crippen LogP contribution in [0.5, 0.6) is 5.75 Å². The summed E-state index contributed by atoms with van der Waals surface area (Å²) in [5.74, 6) is 0.802. The Morgan fingerprint density at radius 3 is 2.55 bits per heavy atom. The van der Waals surface area contributed by atoms with Crippen LogP contribution in [0.2, 0.25) is 0 Å². The number of carbonyl (C=O) groups excluding carboxylic acids is 1. The van der Waals surface area contributed by atoms with Crippen molar-refractivity contribution in [2.45, 2.75) is 26.4 Å². The maximum atomic E-state index is 11.1. The van der Waals surface area contributed by atoms with E-state index in [1.165, 1.54) is 12.5 Å². The van der Waals surface area contributed by atoms with Gasteiger partial charge in [-0.3, -0.25) is 4.79 Å². The van der Waals surface area contributed by atoms with Crippen LogP contribution in [0.3, 0.4) is 0 Å². The first-order valence-electron chi connectivity index (χ1n) is 7.32. The monoisotopic (exact) mass is 298 g/mol. The van der Waals surface area contributed by atoms with Crippen LogP contribution in [0.25, 0.3) is 0 Å². The number of carbonyl (C=O) groups is 1. The number of methoxy groups -OCH3 is 1. The third kappa shape index (κ3) is 4.60.